The van der Waals surface area contributed by atoms with E-state index >= 15 is 0 Å². The van der Waals surface area contributed by atoms with Crippen LogP contribution in [0.25, 0.3) is 0 Å². The molecule has 7 heteroatoms. The van der Waals surface area contributed by atoms with E-state index < -0.39 is 0 Å². The lowest BCUT2D eigenvalue weighted by Gasteiger charge is -2.09. The summed E-state index contributed by atoms with van der Waals surface area (Å²) in [5.74, 6) is -0.0295. The topological polar surface area (TPSA) is 66.9 Å². The van der Waals surface area contributed by atoms with Crippen molar-refractivity contribution in [2.75, 3.05) is 10.6 Å². The lowest BCUT2D eigenvalue weighted by Crippen LogP contribution is -2.22. The third-order valence-corrected chi connectivity index (χ3v) is 5.04. The second-order valence-corrected chi connectivity index (χ2v) is 7.47. The first-order valence-corrected chi connectivity index (χ1v) is 8.53. The monoisotopic (exact) mass is 320 g/mol. The number of para-hydroxylation sites is 1. The molecule has 110 valence electrons. The minimum absolute atomic E-state index is 0.0295. The normalized spacial score (nSPS) is 15.5. The Kier molecular flexibility index (Phi) is 4.40. The highest BCUT2D eigenvalue weighted by atomic mass is 32.2. The van der Waals surface area contributed by atoms with Crippen molar-refractivity contribution in [3.05, 3.63) is 30.3 Å². The van der Waals surface area contributed by atoms with Gasteiger partial charge in [-0.2, -0.15) is 0 Å². The van der Waals surface area contributed by atoms with E-state index in [1.165, 1.54) is 35.9 Å². The molecule has 1 heterocycles. The van der Waals surface area contributed by atoms with Gasteiger partial charge in [0.15, 0.2) is 4.34 Å². The van der Waals surface area contributed by atoms with Crippen LogP contribution in [0.4, 0.5) is 10.8 Å². The standard InChI is InChI=1S/C14H16N4OS2/c1-9(12(19)15-10-5-3-2-4-6-10)20-14-18-17-13(21-14)16-11-7-8-11/h2-6,9,11H,7-8H2,1H3,(H,15,19)(H,16,17)/t9-/m0/s1. The highest BCUT2D eigenvalue weighted by Gasteiger charge is 2.23. The van der Waals surface area contributed by atoms with Gasteiger partial charge in [0.1, 0.15) is 0 Å². The van der Waals surface area contributed by atoms with Gasteiger partial charge in [-0.05, 0) is 31.9 Å². The van der Waals surface area contributed by atoms with Crippen molar-refractivity contribution < 1.29 is 4.79 Å². The molecular weight excluding hydrogens is 304 g/mol. The third kappa shape index (κ3) is 4.18. The quantitative estimate of drug-likeness (QED) is 0.800. The van der Waals surface area contributed by atoms with Crippen LogP contribution < -0.4 is 10.6 Å². The van der Waals surface area contributed by atoms with Crippen LogP contribution in [0.3, 0.4) is 0 Å². The first-order chi connectivity index (χ1) is 10.2. The molecule has 21 heavy (non-hydrogen) atoms. The molecule has 1 aliphatic rings. The molecule has 1 amide bonds. The number of nitrogens with zero attached hydrogens (tertiary/aromatic N) is 2. The minimum atomic E-state index is -0.216. The number of thioether (sulfide) groups is 1. The molecule has 1 saturated carbocycles. The first kappa shape index (κ1) is 14.3. The summed E-state index contributed by atoms with van der Waals surface area (Å²) in [6.45, 7) is 1.87. The average molecular weight is 320 g/mol. The molecule has 0 radical (unpaired) electrons. The van der Waals surface area contributed by atoms with Crippen molar-refractivity contribution >= 4 is 39.8 Å². The molecule has 0 saturated heterocycles. The van der Waals surface area contributed by atoms with Gasteiger partial charge in [-0.3, -0.25) is 4.79 Å². The number of hydrogen-bond acceptors (Lipinski definition) is 6. The van der Waals surface area contributed by atoms with Crippen molar-refractivity contribution in [1.29, 1.82) is 0 Å². The number of hydrogen-bond donors (Lipinski definition) is 2. The predicted molar refractivity (Wildman–Crippen MR) is 86.9 cm³/mol. The molecule has 3 rings (SSSR count). The number of benzene rings is 1. The van der Waals surface area contributed by atoms with E-state index in [-0.39, 0.29) is 11.2 Å². The van der Waals surface area contributed by atoms with Gasteiger partial charge < -0.3 is 10.6 Å². The zero-order chi connectivity index (χ0) is 14.7. The third-order valence-electron chi connectivity index (χ3n) is 3.00. The summed E-state index contributed by atoms with van der Waals surface area (Å²) < 4.78 is 0.814. The van der Waals surface area contributed by atoms with Crippen LogP contribution in [0.15, 0.2) is 34.7 Å². The maximum absolute atomic E-state index is 12.1. The second-order valence-electron chi connectivity index (χ2n) is 4.91. The fourth-order valence-corrected chi connectivity index (χ4v) is 3.66. The fourth-order valence-electron chi connectivity index (χ4n) is 1.69. The molecule has 0 bridgehead atoms. The molecule has 0 aliphatic heterocycles. The van der Waals surface area contributed by atoms with Crippen molar-refractivity contribution in [1.82, 2.24) is 10.2 Å². The zero-order valence-corrected chi connectivity index (χ0v) is 13.2. The van der Waals surface area contributed by atoms with Crippen LogP contribution in [0.5, 0.6) is 0 Å². The van der Waals surface area contributed by atoms with E-state index in [4.69, 9.17) is 0 Å². The Balaban J connectivity index is 1.53. The average Bonchev–Trinajstić information content (AvgIpc) is 3.19. The zero-order valence-electron chi connectivity index (χ0n) is 11.6. The van der Waals surface area contributed by atoms with Gasteiger partial charge in [0.25, 0.3) is 0 Å². The first-order valence-electron chi connectivity index (χ1n) is 6.83. The van der Waals surface area contributed by atoms with Crippen molar-refractivity contribution in [2.24, 2.45) is 0 Å². The fraction of sp³-hybridized carbons (Fsp3) is 0.357. The molecule has 0 spiro atoms. The van der Waals surface area contributed by atoms with Gasteiger partial charge >= 0.3 is 0 Å². The van der Waals surface area contributed by atoms with E-state index in [2.05, 4.69) is 20.8 Å². The van der Waals surface area contributed by atoms with Crippen LogP contribution in [0.2, 0.25) is 0 Å². The van der Waals surface area contributed by atoms with Crippen LogP contribution in [-0.2, 0) is 4.79 Å². The summed E-state index contributed by atoms with van der Waals surface area (Å²) in [4.78, 5) is 12.1. The number of nitrogens with one attached hydrogen (secondary N) is 2. The highest BCUT2D eigenvalue weighted by molar-refractivity contribution is 8.02. The van der Waals surface area contributed by atoms with Gasteiger partial charge in [0.05, 0.1) is 5.25 Å². The van der Waals surface area contributed by atoms with Crippen molar-refractivity contribution in [3.63, 3.8) is 0 Å². The predicted octanol–water partition coefficient (Wildman–Crippen LogP) is 3.23. The smallest absolute Gasteiger partial charge is 0.237 e. The molecule has 1 fully saturated rings. The van der Waals surface area contributed by atoms with Crippen LogP contribution in [-0.4, -0.2) is 27.4 Å². The summed E-state index contributed by atoms with van der Waals surface area (Å²) in [6, 6.07) is 10.0. The molecule has 1 aromatic carbocycles. The van der Waals surface area contributed by atoms with Gasteiger partial charge in [0, 0.05) is 11.7 Å². The van der Waals surface area contributed by atoms with Gasteiger partial charge in [-0.15, -0.1) is 10.2 Å². The molecule has 0 unspecified atom stereocenters. The number of rotatable bonds is 6. The van der Waals surface area contributed by atoms with Crippen LogP contribution in [0, 0.1) is 0 Å². The van der Waals surface area contributed by atoms with Crippen molar-refractivity contribution in [3.8, 4) is 0 Å². The Bertz CT molecular complexity index is 612. The van der Waals surface area contributed by atoms with E-state index in [9.17, 15) is 4.79 Å². The molecule has 1 aromatic heterocycles. The number of carbonyl (C=O) groups is 1. The maximum Gasteiger partial charge on any atom is 0.237 e. The summed E-state index contributed by atoms with van der Waals surface area (Å²) in [5, 5.41) is 15.0. The van der Waals surface area contributed by atoms with E-state index in [0.29, 0.717) is 6.04 Å². The number of amides is 1. The Hall–Kier alpha value is -1.60. The highest BCUT2D eigenvalue weighted by Crippen LogP contribution is 2.32. The van der Waals surface area contributed by atoms with Gasteiger partial charge in [-0.1, -0.05) is 41.3 Å². The molecular formula is C14H16N4OS2. The van der Waals surface area contributed by atoms with Crippen molar-refractivity contribution in [2.45, 2.75) is 35.4 Å². The summed E-state index contributed by atoms with van der Waals surface area (Å²) in [7, 11) is 0. The van der Waals surface area contributed by atoms with E-state index in [1.54, 1.807) is 0 Å². The molecule has 2 aromatic rings. The number of aromatic nitrogens is 2. The molecule has 2 N–H and O–H groups in total. The molecule has 1 atom stereocenters. The Morgan fingerprint density at radius 2 is 2.10 bits per heavy atom. The minimum Gasteiger partial charge on any atom is -0.357 e. The SMILES string of the molecule is C[C@H](Sc1nnc(NC2CC2)s1)C(=O)Nc1ccccc1. The largest absolute Gasteiger partial charge is 0.357 e. The van der Waals surface area contributed by atoms with Gasteiger partial charge in [0.2, 0.25) is 11.0 Å². The van der Waals surface area contributed by atoms with Crippen LogP contribution >= 0.6 is 23.1 Å². The van der Waals surface area contributed by atoms with E-state index in [0.717, 1.165) is 15.2 Å². The second kappa shape index (κ2) is 6.44. The van der Waals surface area contributed by atoms with E-state index in [1.807, 2.05) is 37.3 Å². The Labute approximate surface area is 131 Å². The summed E-state index contributed by atoms with van der Waals surface area (Å²) >= 11 is 2.93. The van der Waals surface area contributed by atoms with Gasteiger partial charge in [-0.25, -0.2) is 0 Å². The lowest BCUT2D eigenvalue weighted by atomic mass is 10.3. The maximum atomic E-state index is 12.1. The summed E-state index contributed by atoms with van der Waals surface area (Å²) in [6.07, 6.45) is 2.41. The number of anilines is 2. The molecule has 1 aliphatic carbocycles. The summed E-state index contributed by atoms with van der Waals surface area (Å²) in [5.41, 5.74) is 0.809. The molecule has 5 nitrogen and oxygen atoms in total. The number of carbonyl (C=O) groups excluding carboxylic acids is 1. The lowest BCUT2D eigenvalue weighted by molar-refractivity contribution is -0.115. The van der Waals surface area contributed by atoms with Crippen LogP contribution in [0.1, 0.15) is 19.8 Å². The Morgan fingerprint density at radius 3 is 2.81 bits per heavy atom. The Morgan fingerprint density at radius 1 is 1.33 bits per heavy atom.